The van der Waals surface area contributed by atoms with Gasteiger partial charge < -0.3 is 10.6 Å². The van der Waals surface area contributed by atoms with Crippen LogP contribution in [0.1, 0.15) is 26.7 Å². The van der Waals surface area contributed by atoms with Crippen molar-refractivity contribution in [2.75, 3.05) is 33.7 Å². The minimum atomic E-state index is -0.0461. The average Bonchev–Trinajstić information content (AvgIpc) is 2.24. The first-order chi connectivity index (χ1) is 7.13. The predicted molar refractivity (Wildman–Crippen MR) is 63.9 cm³/mol. The number of unbranched alkanes of at least 4 members (excludes halogenated alkanes) is 1. The molecule has 0 rings (SSSR count). The summed E-state index contributed by atoms with van der Waals surface area (Å²) >= 11 is 0. The van der Waals surface area contributed by atoms with E-state index in [9.17, 15) is 4.79 Å². The molecule has 0 saturated heterocycles. The number of nitrogens with one attached hydrogen (secondary N) is 2. The monoisotopic (exact) mass is 215 g/mol. The maximum atomic E-state index is 11.6. The van der Waals surface area contributed by atoms with E-state index in [2.05, 4.69) is 22.5 Å². The van der Waals surface area contributed by atoms with E-state index in [0.717, 1.165) is 32.5 Å². The molecule has 4 heteroatoms. The molecule has 0 spiro atoms. The molecule has 0 radical (unpaired) electrons. The number of nitrogens with zero attached hydrogens (tertiary/aromatic N) is 1. The van der Waals surface area contributed by atoms with Crippen molar-refractivity contribution in [2.45, 2.75) is 32.7 Å². The fourth-order valence-corrected chi connectivity index (χ4v) is 1.22. The maximum absolute atomic E-state index is 11.6. The molecule has 0 aliphatic rings. The van der Waals surface area contributed by atoms with Crippen LogP contribution in [0.2, 0.25) is 0 Å². The highest BCUT2D eigenvalue weighted by atomic mass is 16.2. The van der Waals surface area contributed by atoms with Crippen LogP contribution >= 0.6 is 0 Å². The summed E-state index contributed by atoms with van der Waals surface area (Å²) in [5.41, 5.74) is 0. The van der Waals surface area contributed by atoms with Crippen molar-refractivity contribution in [3.63, 3.8) is 0 Å². The summed E-state index contributed by atoms with van der Waals surface area (Å²) in [5, 5.41) is 6.01. The van der Waals surface area contributed by atoms with Crippen LogP contribution in [0, 0.1) is 0 Å². The van der Waals surface area contributed by atoms with Gasteiger partial charge in [-0.3, -0.25) is 9.69 Å². The van der Waals surface area contributed by atoms with Gasteiger partial charge in [-0.1, -0.05) is 13.3 Å². The van der Waals surface area contributed by atoms with Gasteiger partial charge in [-0.05, 0) is 27.4 Å². The highest BCUT2D eigenvalue weighted by Crippen LogP contribution is 1.95. The molecule has 1 unspecified atom stereocenters. The van der Waals surface area contributed by atoms with E-state index in [1.807, 2.05) is 21.0 Å². The molecule has 15 heavy (non-hydrogen) atoms. The Balaban J connectivity index is 3.75. The number of carbonyl (C=O) groups excluding carboxylic acids is 1. The summed E-state index contributed by atoms with van der Waals surface area (Å²) in [5.74, 6) is 0.127. The third-order valence-corrected chi connectivity index (χ3v) is 2.58. The van der Waals surface area contributed by atoms with Crippen LogP contribution in [0.25, 0.3) is 0 Å². The Labute approximate surface area is 93.4 Å². The lowest BCUT2D eigenvalue weighted by Gasteiger charge is -2.23. The normalized spacial score (nSPS) is 12.9. The van der Waals surface area contributed by atoms with Gasteiger partial charge in [0.1, 0.15) is 0 Å². The summed E-state index contributed by atoms with van der Waals surface area (Å²) in [4.78, 5) is 13.7. The van der Waals surface area contributed by atoms with Gasteiger partial charge in [0.15, 0.2) is 0 Å². The Morgan fingerprint density at radius 2 is 2.07 bits per heavy atom. The second-order valence-corrected chi connectivity index (χ2v) is 3.90. The molecule has 4 nitrogen and oxygen atoms in total. The lowest BCUT2D eigenvalue weighted by molar-refractivity contribution is -0.125. The van der Waals surface area contributed by atoms with Crippen LogP contribution in [0.4, 0.5) is 0 Å². The summed E-state index contributed by atoms with van der Waals surface area (Å²) in [6.07, 6.45) is 2.17. The molecule has 0 aliphatic heterocycles. The van der Waals surface area contributed by atoms with Crippen LogP contribution in [0.3, 0.4) is 0 Å². The molecule has 1 atom stereocenters. The molecule has 0 aromatic heterocycles. The van der Waals surface area contributed by atoms with E-state index >= 15 is 0 Å². The summed E-state index contributed by atoms with van der Waals surface area (Å²) in [6.45, 7) is 6.65. The van der Waals surface area contributed by atoms with E-state index in [1.54, 1.807) is 0 Å². The van der Waals surface area contributed by atoms with Gasteiger partial charge in [0, 0.05) is 19.6 Å². The molecule has 0 bridgehead atoms. The van der Waals surface area contributed by atoms with Crippen molar-refractivity contribution in [1.82, 2.24) is 15.5 Å². The molecule has 0 heterocycles. The van der Waals surface area contributed by atoms with Crippen molar-refractivity contribution in [3.05, 3.63) is 0 Å². The standard InChI is InChI=1S/C11H25N3O/c1-5-6-7-13-11(15)10(2)14(4)9-8-12-3/h10,12H,5-9H2,1-4H3,(H,13,15). The molecular weight excluding hydrogens is 190 g/mol. The second kappa shape index (κ2) is 8.68. The minimum Gasteiger partial charge on any atom is -0.355 e. The third kappa shape index (κ3) is 6.47. The van der Waals surface area contributed by atoms with Crippen molar-refractivity contribution in [3.8, 4) is 0 Å². The molecule has 0 saturated carbocycles. The molecule has 1 amide bonds. The van der Waals surface area contributed by atoms with Gasteiger partial charge in [0.2, 0.25) is 5.91 Å². The van der Waals surface area contributed by atoms with Gasteiger partial charge >= 0.3 is 0 Å². The maximum Gasteiger partial charge on any atom is 0.237 e. The van der Waals surface area contributed by atoms with Crippen molar-refractivity contribution in [1.29, 1.82) is 0 Å². The van der Waals surface area contributed by atoms with Gasteiger partial charge in [-0.15, -0.1) is 0 Å². The van der Waals surface area contributed by atoms with Crippen LogP contribution < -0.4 is 10.6 Å². The molecule has 0 fully saturated rings. The van der Waals surface area contributed by atoms with Gasteiger partial charge in [0.05, 0.1) is 6.04 Å². The zero-order chi connectivity index (χ0) is 11.7. The lowest BCUT2D eigenvalue weighted by atomic mass is 10.2. The first-order valence-corrected chi connectivity index (χ1v) is 5.76. The number of likely N-dealkylation sites (N-methyl/N-ethyl adjacent to an activating group) is 2. The average molecular weight is 215 g/mol. The highest BCUT2D eigenvalue weighted by Gasteiger charge is 2.16. The van der Waals surface area contributed by atoms with Gasteiger partial charge in [-0.2, -0.15) is 0 Å². The Hall–Kier alpha value is -0.610. The Morgan fingerprint density at radius 1 is 1.40 bits per heavy atom. The summed E-state index contributed by atoms with van der Waals surface area (Å²) < 4.78 is 0. The summed E-state index contributed by atoms with van der Waals surface area (Å²) in [6, 6.07) is -0.0461. The summed E-state index contributed by atoms with van der Waals surface area (Å²) in [7, 11) is 3.89. The van der Waals surface area contributed by atoms with Crippen LogP contribution in [-0.2, 0) is 4.79 Å². The lowest BCUT2D eigenvalue weighted by Crippen LogP contribution is -2.45. The smallest absolute Gasteiger partial charge is 0.237 e. The van der Waals surface area contributed by atoms with E-state index in [-0.39, 0.29) is 11.9 Å². The quantitative estimate of drug-likeness (QED) is 0.578. The number of hydrogen-bond acceptors (Lipinski definition) is 3. The Kier molecular flexibility index (Phi) is 8.33. The van der Waals surface area contributed by atoms with Crippen molar-refractivity contribution in [2.24, 2.45) is 0 Å². The van der Waals surface area contributed by atoms with Crippen LogP contribution in [-0.4, -0.2) is 50.6 Å². The zero-order valence-corrected chi connectivity index (χ0v) is 10.5. The topological polar surface area (TPSA) is 44.4 Å². The fraction of sp³-hybridized carbons (Fsp3) is 0.909. The molecule has 0 aromatic rings. The minimum absolute atomic E-state index is 0.0461. The zero-order valence-electron chi connectivity index (χ0n) is 10.5. The molecule has 0 aliphatic carbocycles. The fourth-order valence-electron chi connectivity index (χ4n) is 1.22. The van der Waals surface area contributed by atoms with Crippen molar-refractivity contribution >= 4 is 5.91 Å². The van der Waals surface area contributed by atoms with Crippen LogP contribution in [0.15, 0.2) is 0 Å². The molecule has 2 N–H and O–H groups in total. The Morgan fingerprint density at radius 3 is 2.60 bits per heavy atom. The number of carbonyl (C=O) groups is 1. The molecule has 90 valence electrons. The second-order valence-electron chi connectivity index (χ2n) is 3.90. The number of rotatable bonds is 8. The van der Waals surface area contributed by atoms with E-state index < -0.39 is 0 Å². The molecular formula is C11H25N3O. The SMILES string of the molecule is CCCCNC(=O)C(C)N(C)CCNC. The Bertz CT molecular complexity index is 173. The highest BCUT2D eigenvalue weighted by molar-refractivity contribution is 5.81. The van der Waals surface area contributed by atoms with E-state index in [4.69, 9.17) is 0 Å². The predicted octanol–water partition coefficient (Wildman–Crippen LogP) is 0.442. The first-order valence-electron chi connectivity index (χ1n) is 5.76. The third-order valence-electron chi connectivity index (χ3n) is 2.58. The van der Waals surface area contributed by atoms with Crippen LogP contribution in [0.5, 0.6) is 0 Å². The van der Waals surface area contributed by atoms with E-state index in [0.29, 0.717) is 0 Å². The van der Waals surface area contributed by atoms with Crippen molar-refractivity contribution < 1.29 is 4.79 Å². The number of amides is 1. The van der Waals surface area contributed by atoms with Gasteiger partial charge in [0.25, 0.3) is 0 Å². The molecule has 0 aromatic carbocycles. The first kappa shape index (κ1) is 14.4. The van der Waals surface area contributed by atoms with Gasteiger partial charge in [-0.25, -0.2) is 0 Å². The van der Waals surface area contributed by atoms with E-state index in [1.165, 1.54) is 0 Å². The largest absolute Gasteiger partial charge is 0.355 e. The number of hydrogen-bond donors (Lipinski definition) is 2.